The van der Waals surface area contributed by atoms with E-state index in [-0.39, 0.29) is 53.5 Å². The predicted octanol–water partition coefficient (Wildman–Crippen LogP) is 8.72. The number of hydrogen-bond donors (Lipinski definition) is 4. The van der Waals surface area contributed by atoms with Gasteiger partial charge in [0.1, 0.15) is 30.0 Å². The van der Waals surface area contributed by atoms with Crippen molar-refractivity contribution in [3.05, 3.63) is 131 Å². The van der Waals surface area contributed by atoms with Crippen LogP contribution in [-0.2, 0) is 37.5 Å². The molecule has 4 aromatic carbocycles. The first-order valence-electron chi connectivity index (χ1n) is 20.6. The van der Waals surface area contributed by atoms with E-state index in [4.69, 9.17) is 33.0 Å². The number of benzene rings is 4. The van der Waals surface area contributed by atoms with Gasteiger partial charge in [0.15, 0.2) is 22.6 Å². The Labute approximate surface area is 360 Å². The molecule has 14 bridgehead atoms. The van der Waals surface area contributed by atoms with Crippen molar-refractivity contribution in [2.24, 2.45) is 5.92 Å². The highest BCUT2D eigenvalue weighted by Crippen LogP contribution is 2.56. The molecule has 0 fully saturated rings. The van der Waals surface area contributed by atoms with Gasteiger partial charge in [-0.25, -0.2) is 19.6 Å². The number of amides is 3. The van der Waals surface area contributed by atoms with Gasteiger partial charge in [0.25, 0.3) is 0 Å². The number of aromatic amines is 1. The van der Waals surface area contributed by atoms with Crippen molar-refractivity contribution in [3.8, 4) is 39.8 Å². The van der Waals surface area contributed by atoms with Gasteiger partial charge in [-0.3, -0.25) is 9.59 Å². The van der Waals surface area contributed by atoms with Gasteiger partial charge in [-0.15, -0.1) is 0 Å². The Morgan fingerprint density at radius 3 is 2.52 bits per heavy atom. The Bertz CT molecular complexity index is 3000. The first-order valence-corrected chi connectivity index (χ1v) is 20.6. The van der Waals surface area contributed by atoms with E-state index in [1.165, 1.54) is 6.07 Å². The number of oxazole rings is 2. The molecule has 0 radical (unpaired) electrons. The number of nitrogens with zero attached hydrogens (tertiary/aromatic N) is 2. The molecule has 3 atom stereocenters. The molecule has 3 aliphatic rings. The predicted molar refractivity (Wildman–Crippen MR) is 230 cm³/mol. The average molecular weight is 847 g/mol. The molecule has 63 heavy (non-hydrogen) atoms. The second kappa shape index (κ2) is 14.8. The highest BCUT2D eigenvalue weighted by Gasteiger charge is 2.57. The topological polar surface area (TPSA) is 200 Å². The highest BCUT2D eigenvalue weighted by atomic mass is 16.7. The lowest BCUT2D eigenvalue weighted by atomic mass is 9.71. The zero-order valence-corrected chi connectivity index (χ0v) is 35.0. The van der Waals surface area contributed by atoms with Crippen molar-refractivity contribution in [1.82, 2.24) is 25.6 Å². The number of fused-ring (bicyclic) bond motifs is 8. The summed E-state index contributed by atoms with van der Waals surface area (Å²) in [7, 11) is 0. The molecule has 0 aliphatic carbocycles. The third kappa shape index (κ3) is 6.67. The minimum atomic E-state index is -1.95. The fourth-order valence-corrected chi connectivity index (χ4v) is 8.69. The number of anilines is 1. The van der Waals surface area contributed by atoms with Crippen molar-refractivity contribution in [3.63, 3.8) is 0 Å². The standard InChI is InChI=1S/C48H42N6O9/c1-24(2)36-43-53-39-40(62-43)48(31-16-10-15-28(38(31)54-44(48)56)27-13-9-14-29-30(21-49-37(27)29)35-22-50-42(39)60-35)32-19-26(17-18-34(32)61-46(58)63-47(3,4)5)20-33(41(55)52-36)51-45(57)59-23-25-11-7-6-8-12-25/h6-19,21-22,24,33,36,49H,20,23H2,1-5H3,(H,51,57)(H,52,55)(H,54,56)/t33-,36-,48-/m0/s1. The van der Waals surface area contributed by atoms with E-state index in [9.17, 15) is 14.4 Å². The Balaban J connectivity index is 1.24. The van der Waals surface area contributed by atoms with E-state index < -0.39 is 47.2 Å². The Morgan fingerprint density at radius 1 is 0.937 bits per heavy atom. The summed E-state index contributed by atoms with van der Waals surface area (Å²) in [5.74, 6) is -0.956. The van der Waals surface area contributed by atoms with Crippen LogP contribution in [0.15, 0.2) is 106 Å². The zero-order valence-electron chi connectivity index (χ0n) is 35.0. The number of carbonyl (C=O) groups is 4. The summed E-state index contributed by atoms with van der Waals surface area (Å²) in [5.41, 5.74) is 2.62. The molecule has 3 aliphatic heterocycles. The lowest BCUT2D eigenvalue weighted by molar-refractivity contribution is -0.124. The third-order valence-corrected chi connectivity index (χ3v) is 11.5. The maximum Gasteiger partial charge on any atom is 0.514 e. The molecule has 4 N–H and O–H groups in total. The van der Waals surface area contributed by atoms with E-state index in [0.717, 1.165) is 27.6 Å². The number of alkyl carbamates (subject to hydrolysis) is 1. The average Bonchev–Trinajstić information content (AvgIpc) is 4.05. The van der Waals surface area contributed by atoms with Crippen molar-refractivity contribution in [1.29, 1.82) is 0 Å². The molecule has 7 aromatic rings. The summed E-state index contributed by atoms with van der Waals surface area (Å²) in [6.07, 6.45) is 1.52. The number of H-pyrrole nitrogens is 1. The molecule has 3 aromatic heterocycles. The molecular formula is C48H42N6O9. The third-order valence-electron chi connectivity index (χ3n) is 11.5. The van der Waals surface area contributed by atoms with Crippen molar-refractivity contribution >= 4 is 40.7 Å². The monoisotopic (exact) mass is 846 g/mol. The number of carbonyl (C=O) groups excluding carboxylic acids is 4. The van der Waals surface area contributed by atoms with Crippen LogP contribution in [0.5, 0.6) is 5.75 Å². The fourth-order valence-electron chi connectivity index (χ4n) is 8.69. The van der Waals surface area contributed by atoms with E-state index in [0.29, 0.717) is 28.1 Å². The molecule has 0 unspecified atom stereocenters. The van der Waals surface area contributed by atoms with Crippen LogP contribution in [0.25, 0.3) is 44.9 Å². The van der Waals surface area contributed by atoms with Crippen LogP contribution in [-0.4, -0.2) is 50.7 Å². The van der Waals surface area contributed by atoms with Crippen LogP contribution >= 0.6 is 0 Å². The van der Waals surface area contributed by atoms with E-state index in [2.05, 4.69) is 20.9 Å². The van der Waals surface area contributed by atoms with Crippen LogP contribution in [0.2, 0.25) is 0 Å². The van der Waals surface area contributed by atoms with Gasteiger partial charge in [0, 0.05) is 45.8 Å². The quantitative estimate of drug-likeness (QED) is 0.0954. The second-order valence-corrected chi connectivity index (χ2v) is 17.2. The lowest BCUT2D eigenvalue weighted by Gasteiger charge is -2.30. The summed E-state index contributed by atoms with van der Waals surface area (Å²) in [6, 6.07) is 23.4. The number of ether oxygens (including phenoxy) is 3. The maximum absolute atomic E-state index is 15.6. The van der Waals surface area contributed by atoms with Gasteiger partial charge in [0.2, 0.25) is 23.6 Å². The summed E-state index contributed by atoms with van der Waals surface area (Å²) in [6.45, 7) is 8.86. The van der Waals surface area contributed by atoms with Gasteiger partial charge in [-0.1, -0.05) is 92.7 Å². The van der Waals surface area contributed by atoms with Gasteiger partial charge in [0.05, 0.1) is 17.4 Å². The molecule has 6 heterocycles. The molecule has 318 valence electrons. The normalized spacial score (nSPS) is 18.6. The van der Waals surface area contributed by atoms with Gasteiger partial charge < -0.3 is 44.0 Å². The second-order valence-electron chi connectivity index (χ2n) is 17.2. The molecule has 15 nitrogen and oxygen atoms in total. The molecule has 15 heteroatoms. The van der Waals surface area contributed by atoms with Crippen LogP contribution in [0.3, 0.4) is 0 Å². The number of rotatable bonds is 5. The van der Waals surface area contributed by atoms with Crippen molar-refractivity contribution in [2.75, 3.05) is 5.32 Å². The van der Waals surface area contributed by atoms with Crippen LogP contribution in [0.4, 0.5) is 15.3 Å². The van der Waals surface area contributed by atoms with Gasteiger partial charge >= 0.3 is 12.2 Å². The number of nitrogens with one attached hydrogen (secondary N) is 4. The fraction of sp³-hybridized carbons (Fsp3) is 0.250. The number of para-hydroxylation sites is 2. The smallest absolute Gasteiger partial charge is 0.445 e. The molecule has 0 saturated carbocycles. The van der Waals surface area contributed by atoms with Crippen molar-refractivity contribution < 1.29 is 42.2 Å². The van der Waals surface area contributed by atoms with Gasteiger partial charge in [-0.2, -0.15) is 0 Å². The first-order chi connectivity index (χ1) is 30.3. The first kappa shape index (κ1) is 39.5. The van der Waals surface area contributed by atoms with Crippen LogP contribution < -0.4 is 20.7 Å². The Kier molecular flexibility index (Phi) is 9.24. The molecule has 1 spiro atoms. The van der Waals surface area contributed by atoms with Gasteiger partial charge in [-0.05, 0) is 43.9 Å². The lowest BCUT2D eigenvalue weighted by Crippen LogP contribution is -2.49. The van der Waals surface area contributed by atoms with Crippen molar-refractivity contribution in [2.45, 2.75) is 70.7 Å². The SMILES string of the molecule is CC(C)[C@@H]1NC(=O)[C@@H](NC(=O)OCc2ccccc2)Cc2ccc(OC(=O)OC(C)(C)C)c(c2)[C@@]23C(=O)Nc4c(cccc42)-c2cccc4c(c[nH]c24)-c2cnc(o2)-c2nc1oc23. The minimum Gasteiger partial charge on any atom is -0.445 e. The molecule has 3 amide bonds. The molecule has 0 saturated heterocycles. The maximum atomic E-state index is 15.6. The van der Waals surface area contributed by atoms with Crippen LogP contribution in [0.1, 0.15) is 74.6 Å². The largest absolute Gasteiger partial charge is 0.514 e. The Hall–Kier alpha value is -7.68. The van der Waals surface area contributed by atoms with E-state index >= 15 is 4.79 Å². The summed E-state index contributed by atoms with van der Waals surface area (Å²) < 4.78 is 30.7. The highest BCUT2D eigenvalue weighted by molar-refractivity contribution is 6.16. The number of hydrogen-bond acceptors (Lipinski definition) is 11. The summed E-state index contributed by atoms with van der Waals surface area (Å²) in [5, 5.41) is 9.89. The van der Waals surface area contributed by atoms with E-state index in [1.807, 2.05) is 86.8 Å². The molecule has 10 rings (SSSR count). The Morgan fingerprint density at radius 2 is 1.73 bits per heavy atom. The summed E-state index contributed by atoms with van der Waals surface area (Å²) >= 11 is 0. The molecular weight excluding hydrogens is 805 g/mol. The zero-order chi connectivity index (χ0) is 43.8. The van der Waals surface area contributed by atoms with E-state index in [1.54, 1.807) is 39.1 Å². The van der Waals surface area contributed by atoms with Crippen LogP contribution in [0, 0.1) is 5.92 Å². The number of aromatic nitrogens is 3. The summed E-state index contributed by atoms with van der Waals surface area (Å²) in [4.78, 5) is 70.3. The minimum absolute atomic E-state index is 0.0111.